The molecule has 2 heterocycles. The minimum atomic E-state index is -3.74. The number of aromatic nitrogens is 2. The lowest BCUT2D eigenvalue weighted by atomic mass is 10.0. The van der Waals surface area contributed by atoms with Gasteiger partial charge in [0.1, 0.15) is 11.5 Å². The fourth-order valence-corrected chi connectivity index (χ4v) is 4.73. The van der Waals surface area contributed by atoms with Gasteiger partial charge in [0.2, 0.25) is 10.0 Å². The van der Waals surface area contributed by atoms with Crippen molar-refractivity contribution in [3.05, 3.63) is 42.0 Å². The monoisotopic (exact) mass is 352 g/mol. The summed E-state index contributed by atoms with van der Waals surface area (Å²) in [5.74, 6) is -0.625. The highest BCUT2D eigenvalue weighted by Gasteiger charge is 2.33. The first kappa shape index (κ1) is 17.1. The van der Waals surface area contributed by atoms with Gasteiger partial charge in [-0.2, -0.15) is 9.40 Å². The molecule has 0 saturated carbocycles. The van der Waals surface area contributed by atoms with E-state index in [0.717, 1.165) is 11.6 Å². The number of hydrogen-bond donors (Lipinski definition) is 1. The molecule has 0 bridgehead atoms. The van der Waals surface area contributed by atoms with E-state index in [1.54, 1.807) is 12.4 Å². The molecule has 24 heavy (non-hydrogen) atoms. The molecule has 1 aromatic heterocycles. The van der Waals surface area contributed by atoms with E-state index < -0.39 is 15.8 Å². The maximum Gasteiger partial charge on any atom is 0.243 e. The SMILES string of the molecule is Cc1cnn(-c2ccc(S(=O)(=O)N3CC[C@@H](N)C[C@H]3C)cc2F)c1. The molecule has 2 aromatic rings. The lowest BCUT2D eigenvalue weighted by Crippen LogP contribution is -2.48. The summed E-state index contributed by atoms with van der Waals surface area (Å²) in [6.07, 6.45) is 4.51. The predicted molar refractivity (Wildman–Crippen MR) is 88.8 cm³/mol. The number of nitrogens with two attached hydrogens (primary N) is 1. The number of sulfonamides is 1. The van der Waals surface area contributed by atoms with Crippen LogP contribution in [0.4, 0.5) is 4.39 Å². The van der Waals surface area contributed by atoms with Gasteiger partial charge >= 0.3 is 0 Å². The Morgan fingerprint density at radius 1 is 1.38 bits per heavy atom. The molecule has 2 N–H and O–H groups in total. The smallest absolute Gasteiger partial charge is 0.243 e. The Balaban J connectivity index is 1.93. The van der Waals surface area contributed by atoms with Crippen LogP contribution in [-0.4, -0.2) is 41.1 Å². The van der Waals surface area contributed by atoms with Gasteiger partial charge in [0.25, 0.3) is 0 Å². The Morgan fingerprint density at radius 3 is 2.71 bits per heavy atom. The van der Waals surface area contributed by atoms with E-state index in [-0.39, 0.29) is 22.7 Å². The molecule has 1 aromatic carbocycles. The third kappa shape index (κ3) is 3.09. The van der Waals surface area contributed by atoms with Gasteiger partial charge in [0, 0.05) is 24.8 Å². The van der Waals surface area contributed by atoms with Gasteiger partial charge in [-0.25, -0.2) is 17.5 Å². The van der Waals surface area contributed by atoms with E-state index in [0.29, 0.717) is 19.4 Å². The predicted octanol–water partition coefficient (Wildman–Crippen LogP) is 1.82. The van der Waals surface area contributed by atoms with Crippen LogP contribution in [0.1, 0.15) is 25.3 Å². The van der Waals surface area contributed by atoms with Crippen LogP contribution in [0.2, 0.25) is 0 Å². The van der Waals surface area contributed by atoms with Crippen LogP contribution in [0.15, 0.2) is 35.5 Å². The zero-order valence-electron chi connectivity index (χ0n) is 13.7. The van der Waals surface area contributed by atoms with Gasteiger partial charge in [-0.15, -0.1) is 0 Å². The highest BCUT2D eigenvalue weighted by Crippen LogP contribution is 2.26. The Hall–Kier alpha value is -1.77. The van der Waals surface area contributed by atoms with Crippen molar-refractivity contribution in [3.8, 4) is 5.69 Å². The summed E-state index contributed by atoms with van der Waals surface area (Å²) in [7, 11) is -3.74. The summed E-state index contributed by atoms with van der Waals surface area (Å²) in [6.45, 7) is 4.03. The van der Waals surface area contributed by atoms with E-state index in [9.17, 15) is 12.8 Å². The molecule has 8 heteroatoms. The third-order valence-corrected chi connectivity index (χ3v) is 6.35. The average Bonchev–Trinajstić information content (AvgIpc) is 2.93. The largest absolute Gasteiger partial charge is 0.328 e. The summed E-state index contributed by atoms with van der Waals surface area (Å²) in [4.78, 5) is -0.0463. The summed E-state index contributed by atoms with van der Waals surface area (Å²) in [5, 5.41) is 4.05. The number of rotatable bonds is 3. The van der Waals surface area contributed by atoms with E-state index in [2.05, 4.69) is 5.10 Å². The number of hydrogen-bond acceptors (Lipinski definition) is 4. The molecule has 0 amide bonds. The van der Waals surface area contributed by atoms with Crippen molar-refractivity contribution < 1.29 is 12.8 Å². The standard InChI is InChI=1S/C16H21FN4O2S/c1-11-9-19-20(10-11)16-4-3-14(8-15(16)17)24(22,23)21-6-5-13(18)7-12(21)2/h3-4,8-10,12-13H,5-7,18H2,1-2H3/t12-,13-/m1/s1. The average molecular weight is 352 g/mol. The van der Waals surface area contributed by atoms with Crippen LogP contribution in [-0.2, 0) is 10.0 Å². The fourth-order valence-electron chi connectivity index (χ4n) is 3.06. The van der Waals surface area contributed by atoms with Crippen LogP contribution in [0.3, 0.4) is 0 Å². The molecule has 1 aliphatic heterocycles. The molecule has 0 radical (unpaired) electrons. The van der Waals surface area contributed by atoms with Gasteiger partial charge < -0.3 is 5.73 Å². The number of piperidine rings is 1. The van der Waals surface area contributed by atoms with Crippen molar-refractivity contribution >= 4 is 10.0 Å². The van der Waals surface area contributed by atoms with Crippen LogP contribution >= 0.6 is 0 Å². The Bertz CT molecular complexity index is 850. The van der Waals surface area contributed by atoms with Gasteiger partial charge in [0.05, 0.1) is 11.1 Å². The molecule has 0 spiro atoms. The summed E-state index contributed by atoms with van der Waals surface area (Å²) in [5.41, 5.74) is 7.00. The maximum atomic E-state index is 14.4. The molecule has 0 aliphatic carbocycles. The number of nitrogens with zero attached hydrogens (tertiary/aromatic N) is 3. The van der Waals surface area contributed by atoms with Crippen molar-refractivity contribution in [2.45, 2.75) is 43.7 Å². The second-order valence-electron chi connectivity index (χ2n) is 6.32. The van der Waals surface area contributed by atoms with Crippen molar-refractivity contribution in [3.63, 3.8) is 0 Å². The van der Waals surface area contributed by atoms with E-state index >= 15 is 0 Å². The minimum Gasteiger partial charge on any atom is -0.328 e. The first-order chi connectivity index (χ1) is 11.3. The van der Waals surface area contributed by atoms with Gasteiger partial charge in [0.15, 0.2) is 0 Å². The van der Waals surface area contributed by atoms with Crippen LogP contribution < -0.4 is 5.73 Å². The van der Waals surface area contributed by atoms with Crippen molar-refractivity contribution in [2.75, 3.05) is 6.54 Å². The Morgan fingerprint density at radius 2 is 2.12 bits per heavy atom. The Labute approximate surface area is 141 Å². The highest BCUT2D eigenvalue weighted by atomic mass is 32.2. The summed E-state index contributed by atoms with van der Waals surface area (Å²) >= 11 is 0. The number of halogens is 1. The summed E-state index contributed by atoms with van der Waals surface area (Å²) < 4.78 is 42.8. The summed E-state index contributed by atoms with van der Waals surface area (Å²) in [6, 6.07) is 3.73. The maximum absolute atomic E-state index is 14.4. The van der Waals surface area contributed by atoms with Crippen molar-refractivity contribution in [2.24, 2.45) is 5.73 Å². The van der Waals surface area contributed by atoms with Crippen molar-refractivity contribution in [1.29, 1.82) is 0 Å². The number of benzene rings is 1. The van der Waals surface area contributed by atoms with Crippen molar-refractivity contribution in [1.82, 2.24) is 14.1 Å². The lowest BCUT2D eigenvalue weighted by molar-refractivity contribution is 0.247. The van der Waals surface area contributed by atoms with Gasteiger partial charge in [-0.05, 0) is 50.5 Å². The molecule has 130 valence electrons. The lowest BCUT2D eigenvalue weighted by Gasteiger charge is -2.35. The van der Waals surface area contributed by atoms with E-state index in [1.807, 2.05) is 13.8 Å². The molecule has 3 rings (SSSR count). The van der Waals surface area contributed by atoms with E-state index in [4.69, 9.17) is 5.73 Å². The molecular weight excluding hydrogens is 331 g/mol. The molecule has 1 fully saturated rings. The van der Waals surface area contributed by atoms with Crippen LogP contribution in [0, 0.1) is 12.7 Å². The van der Waals surface area contributed by atoms with Crippen LogP contribution in [0.25, 0.3) is 5.69 Å². The van der Waals surface area contributed by atoms with Gasteiger partial charge in [-0.3, -0.25) is 0 Å². The van der Waals surface area contributed by atoms with E-state index in [1.165, 1.54) is 21.1 Å². The molecule has 1 saturated heterocycles. The second-order valence-corrected chi connectivity index (χ2v) is 8.22. The minimum absolute atomic E-state index is 0.00798. The third-order valence-electron chi connectivity index (χ3n) is 4.34. The molecule has 6 nitrogen and oxygen atoms in total. The first-order valence-corrected chi connectivity index (χ1v) is 9.31. The zero-order chi connectivity index (χ0) is 17.5. The fraction of sp³-hybridized carbons (Fsp3) is 0.438. The zero-order valence-corrected chi connectivity index (χ0v) is 14.5. The molecular formula is C16H21FN4O2S. The topological polar surface area (TPSA) is 81.2 Å². The normalized spacial score (nSPS) is 22.7. The van der Waals surface area contributed by atoms with Crippen LogP contribution in [0.5, 0.6) is 0 Å². The molecule has 2 atom stereocenters. The molecule has 0 unspecified atom stereocenters. The molecule has 1 aliphatic rings. The quantitative estimate of drug-likeness (QED) is 0.914. The Kier molecular flexibility index (Phi) is 4.46. The number of aryl methyl sites for hydroxylation is 1. The second kappa shape index (κ2) is 6.27. The first-order valence-electron chi connectivity index (χ1n) is 7.87. The highest BCUT2D eigenvalue weighted by molar-refractivity contribution is 7.89. The van der Waals surface area contributed by atoms with Gasteiger partial charge in [-0.1, -0.05) is 0 Å².